The third kappa shape index (κ3) is 7.03. The van der Waals surface area contributed by atoms with Crippen LogP contribution in [0.1, 0.15) is 35.5 Å². The van der Waals surface area contributed by atoms with Gasteiger partial charge in [-0.15, -0.1) is 12.4 Å². The Kier molecular flexibility index (Phi) is 10.3. The maximum absolute atomic E-state index is 13.7. The zero-order chi connectivity index (χ0) is 30.1. The van der Waals surface area contributed by atoms with Crippen molar-refractivity contribution >= 4 is 45.5 Å². The van der Waals surface area contributed by atoms with E-state index in [0.29, 0.717) is 35.6 Å². The van der Waals surface area contributed by atoms with E-state index >= 15 is 0 Å². The van der Waals surface area contributed by atoms with Gasteiger partial charge < -0.3 is 15.1 Å². The van der Waals surface area contributed by atoms with Crippen LogP contribution in [-0.2, 0) is 23.0 Å². The second-order valence-electron chi connectivity index (χ2n) is 10.1. The summed E-state index contributed by atoms with van der Waals surface area (Å²) in [6.45, 7) is 5.25. The molecule has 0 radical (unpaired) electrons. The highest BCUT2D eigenvalue weighted by atomic mass is 35.5. The number of nitro groups is 1. The Balaban J connectivity index is 0.00000484. The number of nitrogens with zero attached hydrogens (tertiary/aromatic N) is 5. The molecule has 0 spiro atoms. The quantitative estimate of drug-likeness (QED) is 0.255. The Bertz CT molecular complexity index is 1560. The molecule has 0 fully saturated rings. The van der Waals surface area contributed by atoms with E-state index in [2.05, 4.69) is 34.3 Å². The highest BCUT2D eigenvalue weighted by Gasteiger charge is 2.33. The summed E-state index contributed by atoms with van der Waals surface area (Å²) < 4.78 is 54.6. The van der Waals surface area contributed by atoms with Crippen molar-refractivity contribution in [3.05, 3.63) is 75.0 Å². The molecule has 0 bridgehead atoms. The Labute approximate surface area is 248 Å². The smallest absolute Gasteiger partial charge is 0.284 e. The van der Waals surface area contributed by atoms with Crippen LogP contribution in [0.25, 0.3) is 0 Å². The van der Waals surface area contributed by atoms with Gasteiger partial charge in [0.25, 0.3) is 11.6 Å². The standard InChI is InChI=1S/C26H31F2N7O5S.ClH/c1-16(2)32(3)9-10-33(4)19-5-6-21(24(14-19)35(37)38)26(36)29-25-22-15-34(8-7-23(22)30-31-25)41(39,40)20-12-17(27)11-18(28)13-20;/h5-6,11-14,16H,7-10,15H2,1-4H3,(H2,29,30,31,36);1H. The predicted molar refractivity (Wildman–Crippen MR) is 156 cm³/mol. The van der Waals surface area contributed by atoms with E-state index in [1.165, 1.54) is 12.1 Å². The number of H-pyrrole nitrogens is 1. The second-order valence-corrected chi connectivity index (χ2v) is 12.1. The SMILES string of the molecule is CC(C)N(C)CCN(C)c1ccc(C(=O)Nc2n[nH]c3c2CN(S(=O)(=O)c2cc(F)cc(F)c2)CC3)c([N+](=O)[O-])c1.Cl. The van der Waals surface area contributed by atoms with E-state index in [4.69, 9.17) is 0 Å². The van der Waals surface area contributed by atoms with Crippen LogP contribution >= 0.6 is 12.4 Å². The van der Waals surface area contributed by atoms with Crippen LogP contribution < -0.4 is 10.2 Å². The lowest BCUT2D eigenvalue weighted by Crippen LogP contribution is -2.36. The molecule has 2 heterocycles. The van der Waals surface area contributed by atoms with Gasteiger partial charge in [-0.1, -0.05) is 0 Å². The lowest BCUT2D eigenvalue weighted by molar-refractivity contribution is -0.385. The van der Waals surface area contributed by atoms with Crippen molar-refractivity contribution in [3.8, 4) is 0 Å². The van der Waals surface area contributed by atoms with Crippen molar-refractivity contribution in [2.24, 2.45) is 0 Å². The first kappa shape index (κ1) is 32.8. The fourth-order valence-electron chi connectivity index (χ4n) is 4.38. The lowest BCUT2D eigenvalue weighted by atomic mass is 10.1. The molecule has 2 N–H and O–H groups in total. The maximum atomic E-state index is 13.7. The third-order valence-electron chi connectivity index (χ3n) is 7.14. The molecule has 3 aromatic rings. The van der Waals surface area contributed by atoms with Gasteiger partial charge in [-0.2, -0.15) is 9.40 Å². The van der Waals surface area contributed by atoms with Gasteiger partial charge in [-0.25, -0.2) is 17.2 Å². The summed E-state index contributed by atoms with van der Waals surface area (Å²) in [6.07, 6.45) is 0.197. The molecule has 16 heteroatoms. The van der Waals surface area contributed by atoms with Crippen molar-refractivity contribution in [1.82, 2.24) is 19.4 Å². The fraction of sp³-hybridized carbons (Fsp3) is 0.385. The molecule has 12 nitrogen and oxygen atoms in total. The summed E-state index contributed by atoms with van der Waals surface area (Å²) in [7, 11) is -0.478. The Morgan fingerprint density at radius 1 is 1.17 bits per heavy atom. The van der Waals surface area contributed by atoms with Crippen LogP contribution in [0.2, 0.25) is 0 Å². The van der Waals surface area contributed by atoms with E-state index in [9.17, 15) is 32.1 Å². The number of nitrogens with one attached hydrogen (secondary N) is 2. The molecular weight excluding hydrogens is 596 g/mol. The number of carbonyl (C=O) groups excluding carboxylic acids is 1. The summed E-state index contributed by atoms with van der Waals surface area (Å²) in [4.78, 5) is 27.9. The Hall–Kier alpha value is -3.66. The largest absolute Gasteiger partial charge is 0.373 e. The molecule has 0 saturated heterocycles. The number of benzene rings is 2. The monoisotopic (exact) mass is 627 g/mol. The molecule has 1 aliphatic rings. The first-order valence-electron chi connectivity index (χ1n) is 12.8. The Morgan fingerprint density at radius 3 is 2.45 bits per heavy atom. The molecule has 0 unspecified atom stereocenters. The number of carbonyl (C=O) groups is 1. The summed E-state index contributed by atoms with van der Waals surface area (Å²) in [6, 6.07) is 6.68. The van der Waals surface area contributed by atoms with Crippen LogP contribution in [0.3, 0.4) is 0 Å². The molecule has 1 aliphatic heterocycles. The van der Waals surface area contributed by atoms with Gasteiger partial charge in [-0.3, -0.25) is 20.0 Å². The first-order chi connectivity index (χ1) is 19.3. The van der Waals surface area contributed by atoms with Crippen molar-refractivity contribution in [2.75, 3.05) is 43.9 Å². The predicted octanol–water partition coefficient (Wildman–Crippen LogP) is 3.79. The lowest BCUT2D eigenvalue weighted by Gasteiger charge is -2.26. The molecule has 228 valence electrons. The molecule has 0 saturated carbocycles. The minimum Gasteiger partial charge on any atom is -0.373 e. The molecule has 0 aliphatic carbocycles. The number of anilines is 2. The van der Waals surface area contributed by atoms with Gasteiger partial charge in [0, 0.05) is 74.8 Å². The van der Waals surface area contributed by atoms with E-state index in [1.807, 2.05) is 11.9 Å². The van der Waals surface area contributed by atoms with E-state index in [1.54, 1.807) is 13.1 Å². The molecule has 1 amide bonds. The van der Waals surface area contributed by atoms with Crippen LogP contribution in [0.4, 0.5) is 26.0 Å². The van der Waals surface area contributed by atoms with Crippen LogP contribution in [0.15, 0.2) is 41.3 Å². The topological polar surface area (TPSA) is 145 Å². The highest BCUT2D eigenvalue weighted by molar-refractivity contribution is 7.89. The molecular formula is C26H32ClF2N7O5S. The third-order valence-corrected chi connectivity index (χ3v) is 8.96. The van der Waals surface area contributed by atoms with Crippen molar-refractivity contribution in [3.63, 3.8) is 0 Å². The number of rotatable bonds is 10. The number of hydrogen-bond donors (Lipinski definition) is 2. The van der Waals surface area contributed by atoms with Gasteiger partial charge in [0.1, 0.15) is 17.2 Å². The Morgan fingerprint density at radius 2 is 1.83 bits per heavy atom. The number of aromatic amines is 1. The summed E-state index contributed by atoms with van der Waals surface area (Å²) in [5.41, 5.74) is 0.884. The molecule has 4 rings (SSSR count). The summed E-state index contributed by atoms with van der Waals surface area (Å²) in [5.74, 6) is -2.85. The normalized spacial score (nSPS) is 13.5. The molecule has 42 heavy (non-hydrogen) atoms. The molecule has 2 aromatic carbocycles. The number of sulfonamides is 1. The van der Waals surface area contributed by atoms with E-state index in [-0.39, 0.29) is 43.3 Å². The number of fused-ring (bicyclic) bond motifs is 1. The minimum absolute atomic E-state index is 0. The van der Waals surface area contributed by atoms with Gasteiger partial charge in [0.2, 0.25) is 10.0 Å². The van der Waals surface area contributed by atoms with E-state index in [0.717, 1.165) is 23.0 Å². The number of aromatic nitrogens is 2. The average Bonchev–Trinajstić information content (AvgIpc) is 3.32. The molecule has 0 atom stereocenters. The fourth-order valence-corrected chi connectivity index (χ4v) is 5.83. The number of hydrogen-bond acceptors (Lipinski definition) is 8. The first-order valence-corrected chi connectivity index (χ1v) is 14.3. The van der Waals surface area contributed by atoms with Crippen LogP contribution in [0.5, 0.6) is 0 Å². The van der Waals surface area contributed by atoms with Gasteiger partial charge in [-0.05, 0) is 45.2 Å². The average molecular weight is 628 g/mol. The number of halogens is 3. The maximum Gasteiger partial charge on any atom is 0.284 e. The molecule has 1 aromatic heterocycles. The summed E-state index contributed by atoms with van der Waals surface area (Å²) in [5, 5.41) is 21.3. The zero-order valence-electron chi connectivity index (χ0n) is 23.4. The number of nitro benzene ring substituents is 1. The summed E-state index contributed by atoms with van der Waals surface area (Å²) >= 11 is 0. The number of amides is 1. The van der Waals surface area contributed by atoms with E-state index < -0.39 is 43.1 Å². The van der Waals surface area contributed by atoms with Crippen molar-refractivity contribution in [2.45, 2.75) is 37.8 Å². The minimum atomic E-state index is -4.27. The number of likely N-dealkylation sites (N-methyl/N-ethyl adjacent to an activating group) is 2. The van der Waals surface area contributed by atoms with Gasteiger partial charge in [0.05, 0.1) is 9.82 Å². The van der Waals surface area contributed by atoms with Crippen LogP contribution in [0, 0.1) is 21.7 Å². The zero-order valence-corrected chi connectivity index (χ0v) is 25.1. The van der Waals surface area contributed by atoms with Gasteiger partial charge >= 0.3 is 0 Å². The second kappa shape index (κ2) is 13.1. The van der Waals surface area contributed by atoms with Gasteiger partial charge in [0.15, 0.2) is 5.82 Å². The van der Waals surface area contributed by atoms with Crippen molar-refractivity contribution < 1.29 is 26.9 Å². The van der Waals surface area contributed by atoms with Crippen LogP contribution in [-0.4, -0.2) is 78.4 Å². The van der Waals surface area contributed by atoms with Crippen molar-refractivity contribution in [1.29, 1.82) is 0 Å². The highest BCUT2D eigenvalue weighted by Crippen LogP contribution is 2.30.